The molecular weight excluding hydrogens is 414 g/mol. The topological polar surface area (TPSA) is 85.4 Å². The van der Waals surface area contributed by atoms with Crippen LogP contribution in [0.4, 0.5) is 5.69 Å². The number of ether oxygens (including phenoxy) is 2. The molecule has 0 saturated heterocycles. The number of aryl methyl sites for hydroxylation is 2. The van der Waals surface area contributed by atoms with Crippen LogP contribution in [0, 0.1) is 6.92 Å². The fourth-order valence-corrected chi connectivity index (χ4v) is 3.53. The average molecular weight is 432 g/mol. The Morgan fingerprint density at radius 1 is 1.22 bits per heavy atom. The molecule has 3 aromatic rings. The summed E-state index contributed by atoms with van der Waals surface area (Å²) in [4.78, 5) is 12.0. The summed E-state index contributed by atoms with van der Waals surface area (Å²) in [5.74, 6) is 0.589. The van der Waals surface area contributed by atoms with Gasteiger partial charge in [-0.2, -0.15) is 0 Å². The van der Waals surface area contributed by atoms with E-state index in [1.165, 1.54) is 0 Å². The predicted molar refractivity (Wildman–Crippen MR) is 105 cm³/mol. The Labute approximate surface area is 164 Å². The summed E-state index contributed by atoms with van der Waals surface area (Å²) in [5, 5.41) is 18.7. The molecular formula is C19H18BrN3O4. The highest BCUT2D eigenvalue weighted by molar-refractivity contribution is 9.10. The molecule has 3 rings (SSSR count). The monoisotopic (exact) mass is 431 g/mol. The van der Waals surface area contributed by atoms with Crippen LogP contribution in [0.2, 0.25) is 0 Å². The first kappa shape index (κ1) is 18.9. The Hall–Kier alpha value is -2.87. The molecule has 0 unspecified atom stereocenters. The summed E-state index contributed by atoms with van der Waals surface area (Å²) in [5.41, 5.74) is 2.01. The van der Waals surface area contributed by atoms with Gasteiger partial charge in [0.1, 0.15) is 11.5 Å². The van der Waals surface area contributed by atoms with Gasteiger partial charge in [-0.25, -0.2) is 0 Å². The zero-order valence-corrected chi connectivity index (χ0v) is 16.6. The zero-order valence-electron chi connectivity index (χ0n) is 15.1. The number of hydrogen-bond donors (Lipinski definition) is 1. The number of carbonyl (C=O) groups excluding carboxylic acids is 1. The van der Waals surface area contributed by atoms with Crippen molar-refractivity contribution in [1.29, 1.82) is 0 Å². The van der Waals surface area contributed by atoms with Gasteiger partial charge in [-0.1, -0.05) is 0 Å². The number of benzene rings is 2. The first-order valence-electron chi connectivity index (χ1n) is 8.09. The Morgan fingerprint density at radius 2 is 1.89 bits per heavy atom. The van der Waals surface area contributed by atoms with Crippen molar-refractivity contribution in [2.45, 2.75) is 6.92 Å². The van der Waals surface area contributed by atoms with E-state index in [0.29, 0.717) is 16.9 Å². The maximum Gasteiger partial charge on any atom is 0.302 e. The van der Waals surface area contributed by atoms with E-state index in [1.54, 1.807) is 43.0 Å². The lowest BCUT2D eigenvalue weighted by molar-refractivity contribution is -0.120. The molecule has 1 N–H and O–H groups in total. The number of methoxy groups -OCH3 is 1. The smallest absolute Gasteiger partial charge is 0.302 e. The molecule has 0 atom stereocenters. The van der Waals surface area contributed by atoms with E-state index >= 15 is 0 Å². The first-order valence-corrected chi connectivity index (χ1v) is 8.89. The maximum absolute atomic E-state index is 12.0. The quantitative estimate of drug-likeness (QED) is 0.595. The normalized spacial score (nSPS) is 11.3. The number of aromatic nitrogens is 1. The van der Waals surface area contributed by atoms with E-state index < -0.39 is 5.91 Å². The molecule has 8 heteroatoms. The number of amides is 1. The maximum atomic E-state index is 12.0. The van der Waals surface area contributed by atoms with Crippen molar-refractivity contribution in [1.82, 2.24) is 4.57 Å². The van der Waals surface area contributed by atoms with Gasteiger partial charge in [0.15, 0.2) is 12.3 Å². The summed E-state index contributed by atoms with van der Waals surface area (Å²) in [7, 11) is 3.29. The van der Waals surface area contributed by atoms with Crippen molar-refractivity contribution in [2.75, 3.05) is 13.7 Å². The number of nitrogens with zero attached hydrogens (tertiary/aromatic N) is 3. The Bertz CT molecular complexity index is 1030. The second kappa shape index (κ2) is 7.79. The van der Waals surface area contributed by atoms with Crippen LogP contribution >= 0.6 is 15.9 Å². The third kappa shape index (κ3) is 3.95. The highest BCUT2D eigenvalue weighted by Crippen LogP contribution is 2.41. The van der Waals surface area contributed by atoms with E-state index in [9.17, 15) is 9.90 Å². The van der Waals surface area contributed by atoms with Gasteiger partial charge in [-0.05, 0) is 64.8 Å². The fraction of sp³-hybridized carbons (Fsp3) is 0.211. The van der Waals surface area contributed by atoms with Gasteiger partial charge in [-0.3, -0.25) is 4.79 Å². The van der Waals surface area contributed by atoms with Crippen molar-refractivity contribution in [3.63, 3.8) is 0 Å². The van der Waals surface area contributed by atoms with Crippen molar-refractivity contribution in [2.24, 2.45) is 17.3 Å². The fourth-order valence-electron chi connectivity index (χ4n) is 2.69. The number of hydrogen-bond acceptors (Lipinski definition) is 5. The Kier molecular flexibility index (Phi) is 5.46. The number of fused-ring (bicyclic) bond motifs is 1. The zero-order chi connectivity index (χ0) is 19.6. The van der Waals surface area contributed by atoms with Crippen molar-refractivity contribution in [3.05, 3.63) is 46.4 Å². The molecule has 7 nitrogen and oxygen atoms in total. The van der Waals surface area contributed by atoms with Crippen LogP contribution in [0.5, 0.6) is 17.4 Å². The lowest BCUT2D eigenvalue weighted by atomic mass is 10.1. The molecule has 0 aliphatic carbocycles. The summed E-state index contributed by atoms with van der Waals surface area (Å²) in [6, 6.07) is 10.7. The molecule has 27 heavy (non-hydrogen) atoms. The minimum absolute atomic E-state index is 0.0658. The van der Waals surface area contributed by atoms with Gasteiger partial charge in [0.05, 0.1) is 12.6 Å². The second-order valence-electron chi connectivity index (χ2n) is 5.93. The molecule has 1 amide bonds. The molecule has 2 aromatic carbocycles. The van der Waals surface area contributed by atoms with Gasteiger partial charge in [-0.15, -0.1) is 10.2 Å². The summed E-state index contributed by atoms with van der Waals surface area (Å²) < 4.78 is 12.9. The molecule has 0 saturated carbocycles. The third-order valence-corrected chi connectivity index (χ3v) is 4.62. The largest absolute Gasteiger partial charge is 0.497 e. The SMILES string of the molecule is COc1ccc(OCC(=O)N=Nc2c(O)n(C)c3c(Br)cc(C)cc23)cc1. The minimum Gasteiger partial charge on any atom is -0.497 e. The van der Waals surface area contributed by atoms with Crippen molar-refractivity contribution >= 4 is 38.4 Å². The van der Waals surface area contributed by atoms with Gasteiger partial charge in [0.2, 0.25) is 5.88 Å². The van der Waals surface area contributed by atoms with Crippen LogP contribution in [0.1, 0.15) is 5.56 Å². The van der Waals surface area contributed by atoms with Crippen molar-refractivity contribution in [3.8, 4) is 17.4 Å². The number of carbonyl (C=O) groups is 1. The highest BCUT2D eigenvalue weighted by Gasteiger charge is 2.17. The standard InChI is InChI=1S/C19H18BrN3O4/c1-11-8-14-17(19(25)23(2)18(14)15(20)9-11)22-21-16(24)10-27-13-6-4-12(26-3)5-7-13/h4-9,25H,10H2,1-3H3. The van der Waals surface area contributed by atoms with Crippen LogP contribution in [-0.2, 0) is 11.8 Å². The van der Waals surface area contributed by atoms with Crippen molar-refractivity contribution < 1.29 is 19.4 Å². The molecule has 0 bridgehead atoms. The lowest BCUT2D eigenvalue weighted by Gasteiger charge is -2.04. The highest BCUT2D eigenvalue weighted by atomic mass is 79.9. The molecule has 1 aromatic heterocycles. The molecule has 140 valence electrons. The van der Waals surface area contributed by atoms with E-state index in [0.717, 1.165) is 15.6 Å². The molecule has 0 spiro atoms. The molecule has 1 heterocycles. The third-order valence-electron chi connectivity index (χ3n) is 4.01. The number of aromatic hydroxyl groups is 1. The van der Waals surface area contributed by atoms with E-state index in [4.69, 9.17) is 9.47 Å². The second-order valence-corrected chi connectivity index (χ2v) is 6.79. The molecule has 0 fully saturated rings. The van der Waals surface area contributed by atoms with Crippen LogP contribution < -0.4 is 9.47 Å². The lowest BCUT2D eigenvalue weighted by Crippen LogP contribution is -2.07. The van der Waals surface area contributed by atoms with Crippen LogP contribution in [0.25, 0.3) is 10.9 Å². The summed E-state index contributed by atoms with van der Waals surface area (Å²) in [6.07, 6.45) is 0. The van der Waals surface area contributed by atoms with Gasteiger partial charge >= 0.3 is 5.91 Å². The first-order chi connectivity index (χ1) is 12.9. The van der Waals surface area contributed by atoms with Crippen LogP contribution in [-0.4, -0.2) is 29.3 Å². The van der Waals surface area contributed by atoms with Gasteiger partial charge in [0, 0.05) is 16.9 Å². The van der Waals surface area contributed by atoms with Crippen LogP contribution in [0.15, 0.2) is 51.1 Å². The van der Waals surface area contributed by atoms with Gasteiger partial charge < -0.3 is 19.1 Å². The van der Waals surface area contributed by atoms with E-state index in [-0.39, 0.29) is 18.2 Å². The summed E-state index contributed by atoms with van der Waals surface area (Å²) in [6.45, 7) is 1.67. The summed E-state index contributed by atoms with van der Waals surface area (Å²) >= 11 is 3.49. The predicted octanol–water partition coefficient (Wildman–Crippen LogP) is 4.65. The van der Waals surface area contributed by atoms with Crippen LogP contribution in [0.3, 0.4) is 0 Å². The minimum atomic E-state index is -0.561. The Balaban J connectivity index is 1.77. The Morgan fingerprint density at radius 3 is 2.56 bits per heavy atom. The number of azo groups is 1. The van der Waals surface area contributed by atoms with E-state index in [2.05, 4.69) is 26.2 Å². The molecule has 0 aliphatic rings. The number of halogens is 1. The van der Waals surface area contributed by atoms with Gasteiger partial charge in [0.25, 0.3) is 0 Å². The molecule has 0 aliphatic heterocycles. The molecule has 0 radical (unpaired) electrons. The average Bonchev–Trinajstić information content (AvgIpc) is 2.89. The number of rotatable bonds is 5. The van der Waals surface area contributed by atoms with E-state index in [1.807, 2.05) is 19.1 Å².